The summed E-state index contributed by atoms with van der Waals surface area (Å²) >= 11 is 3.46. The number of aryl methyl sites for hydroxylation is 1. The van der Waals surface area contributed by atoms with E-state index in [-0.39, 0.29) is 6.10 Å². The first kappa shape index (κ1) is 9.99. The number of fused-ring (bicyclic) bond motifs is 1. The minimum Gasteiger partial charge on any atom is -0.492 e. The van der Waals surface area contributed by atoms with Gasteiger partial charge in [-0.25, -0.2) is 0 Å². The van der Waals surface area contributed by atoms with E-state index in [0.29, 0.717) is 6.61 Å². The molecule has 1 unspecified atom stereocenters. The molecule has 1 aromatic carbocycles. The van der Waals surface area contributed by atoms with E-state index in [2.05, 4.69) is 15.9 Å². The second-order valence-corrected chi connectivity index (χ2v) is 4.53. The summed E-state index contributed by atoms with van der Waals surface area (Å²) in [5, 5.41) is 9.89. The van der Waals surface area contributed by atoms with Crippen LogP contribution in [-0.4, -0.2) is 11.7 Å². The lowest BCUT2D eigenvalue weighted by Gasteiger charge is -2.13. The third kappa shape index (κ3) is 1.79. The molecule has 0 spiro atoms. The summed E-state index contributed by atoms with van der Waals surface area (Å²) in [4.78, 5) is 0. The number of aliphatic hydroxyl groups is 1. The zero-order valence-electron chi connectivity index (χ0n) is 8.09. The van der Waals surface area contributed by atoms with Gasteiger partial charge in [-0.15, -0.1) is 0 Å². The van der Waals surface area contributed by atoms with Gasteiger partial charge in [0.2, 0.25) is 0 Å². The highest BCUT2D eigenvalue weighted by Gasteiger charge is 2.19. The highest BCUT2D eigenvalue weighted by Crippen LogP contribution is 2.37. The number of hydrogen-bond donors (Lipinski definition) is 1. The van der Waals surface area contributed by atoms with Gasteiger partial charge in [-0.2, -0.15) is 0 Å². The van der Waals surface area contributed by atoms with Gasteiger partial charge >= 0.3 is 0 Å². The van der Waals surface area contributed by atoms with E-state index in [1.165, 1.54) is 0 Å². The summed E-state index contributed by atoms with van der Waals surface area (Å²) in [5.41, 5.74) is 2.05. The highest BCUT2D eigenvalue weighted by molar-refractivity contribution is 9.10. The van der Waals surface area contributed by atoms with Crippen LogP contribution in [0.4, 0.5) is 0 Å². The molecule has 2 rings (SSSR count). The minimum absolute atomic E-state index is 0.385. The van der Waals surface area contributed by atoms with Gasteiger partial charge in [-0.1, -0.05) is 0 Å². The number of ether oxygens (including phenoxy) is 1. The average molecular weight is 257 g/mol. The molecule has 76 valence electrons. The van der Waals surface area contributed by atoms with Crippen molar-refractivity contribution in [1.29, 1.82) is 0 Å². The lowest BCUT2D eigenvalue weighted by Crippen LogP contribution is -1.98. The van der Waals surface area contributed by atoms with Crippen LogP contribution in [0.25, 0.3) is 0 Å². The first-order chi connectivity index (χ1) is 6.68. The first-order valence-electron chi connectivity index (χ1n) is 4.79. The van der Waals surface area contributed by atoms with E-state index >= 15 is 0 Å². The van der Waals surface area contributed by atoms with Crippen LogP contribution in [-0.2, 0) is 0 Å². The molecule has 2 nitrogen and oxygen atoms in total. The quantitative estimate of drug-likeness (QED) is 0.774. The molecule has 1 aromatic rings. The van der Waals surface area contributed by atoms with Crippen LogP contribution in [0, 0.1) is 6.92 Å². The topological polar surface area (TPSA) is 29.5 Å². The van der Waals surface area contributed by atoms with Crippen LogP contribution in [0.15, 0.2) is 16.6 Å². The Balaban J connectivity index is 2.53. The highest BCUT2D eigenvalue weighted by atomic mass is 79.9. The van der Waals surface area contributed by atoms with E-state index < -0.39 is 0 Å². The fraction of sp³-hybridized carbons (Fsp3) is 0.455. The Morgan fingerprint density at radius 1 is 1.50 bits per heavy atom. The van der Waals surface area contributed by atoms with Crippen molar-refractivity contribution in [2.75, 3.05) is 6.61 Å². The van der Waals surface area contributed by atoms with Crippen molar-refractivity contribution < 1.29 is 9.84 Å². The molecule has 0 saturated carbocycles. The summed E-state index contributed by atoms with van der Waals surface area (Å²) in [6, 6.07) is 4.01. The van der Waals surface area contributed by atoms with Gasteiger partial charge in [-0.05, 0) is 53.4 Å². The molecule has 0 aliphatic carbocycles. The summed E-state index contributed by atoms with van der Waals surface area (Å²) in [5.74, 6) is 0.806. The third-order valence-corrected chi connectivity index (χ3v) is 3.03. The van der Waals surface area contributed by atoms with Crippen molar-refractivity contribution in [2.24, 2.45) is 0 Å². The Kier molecular flexibility index (Phi) is 2.79. The van der Waals surface area contributed by atoms with Gasteiger partial charge in [0, 0.05) is 5.56 Å². The molecule has 0 saturated heterocycles. The van der Waals surface area contributed by atoms with E-state index in [0.717, 1.165) is 34.2 Å². The molecular weight excluding hydrogens is 244 g/mol. The average Bonchev–Trinajstić information content (AvgIpc) is 2.29. The number of hydrogen-bond acceptors (Lipinski definition) is 2. The molecular formula is C11H13BrO2. The van der Waals surface area contributed by atoms with Gasteiger partial charge in [0.05, 0.1) is 17.2 Å². The van der Waals surface area contributed by atoms with Crippen molar-refractivity contribution in [1.82, 2.24) is 0 Å². The number of rotatable bonds is 0. The molecule has 0 amide bonds. The fourth-order valence-corrected chi connectivity index (χ4v) is 2.47. The lowest BCUT2D eigenvalue weighted by molar-refractivity contribution is 0.167. The molecule has 1 aliphatic heterocycles. The zero-order chi connectivity index (χ0) is 10.1. The first-order valence-corrected chi connectivity index (χ1v) is 5.58. The fourth-order valence-electron chi connectivity index (χ4n) is 1.76. The van der Waals surface area contributed by atoms with Gasteiger partial charge in [0.25, 0.3) is 0 Å². The Hall–Kier alpha value is -0.540. The van der Waals surface area contributed by atoms with Crippen molar-refractivity contribution in [2.45, 2.75) is 25.9 Å². The van der Waals surface area contributed by atoms with Crippen molar-refractivity contribution in [3.63, 3.8) is 0 Å². The Morgan fingerprint density at radius 2 is 2.29 bits per heavy atom. The molecule has 1 aliphatic rings. The molecule has 0 fully saturated rings. The molecule has 1 N–H and O–H groups in total. The summed E-state index contributed by atoms with van der Waals surface area (Å²) in [7, 11) is 0. The maximum absolute atomic E-state index is 9.89. The third-order valence-electron chi connectivity index (χ3n) is 2.44. The van der Waals surface area contributed by atoms with Crippen LogP contribution in [0.5, 0.6) is 5.75 Å². The number of halogens is 1. The second-order valence-electron chi connectivity index (χ2n) is 3.67. The van der Waals surface area contributed by atoms with Crippen molar-refractivity contribution in [3.8, 4) is 5.75 Å². The van der Waals surface area contributed by atoms with E-state index in [4.69, 9.17) is 4.74 Å². The molecule has 0 bridgehead atoms. The van der Waals surface area contributed by atoms with Crippen LogP contribution < -0.4 is 4.74 Å². The predicted octanol–water partition coefficient (Wildman–Crippen LogP) is 2.96. The molecule has 1 atom stereocenters. The van der Waals surface area contributed by atoms with E-state index in [9.17, 15) is 5.11 Å². The van der Waals surface area contributed by atoms with Crippen LogP contribution in [0.2, 0.25) is 0 Å². The minimum atomic E-state index is -0.385. The van der Waals surface area contributed by atoms with Crippen molar-refractivity contribution in [3.05, 3.63) is 27.7 Å². The van der Waals surface area contributed by atoms with Gasteiger partial charge in [0.15, 0.2) is 0 Å². The van der Waals surface area contributed by atoms with Crippen LogP contribution in [0.3, 0.4) is 0 Å². The molecule has 0 aromatic heterocycles. The van der Waals surface area contributed by atoms with Gasteiger partial charge in [-0.3, -0.25) is 0 Å². The van der Waals surface area contributed by atoms with Gasteiger partial charge < -0.3 is 9.84 Å². The van der Waals surface area contributed by atoms with Crippen LogP contribution in [0.1, 0.15) is 30.1 Å². The Bertz CT molecular complexity index is 349. The molecule has 3 heteroatoms. The maximum Gasteiger partial charge on any atom is 0.139 e. The summed E-state index contributed by atoms with van der Waals surface area (Å²) in [6.45, 7) is 2.70. The summed E-state index contributed by atoms with van der Waals surface area (Å²) < 4.78 is 6.54. The van der Waals surface area contributed by atoms with E-state index in [1.807, 2.05) is 19.1 Å². The Labute approximate surface area is 92.0 Å². The maximum atomic E-state index is 9.89. The van der Waals surface area contributed by atoms with Gasteiger partial charge in [0.1, 0.15) is 5.75 Å². The molecule has 0 radical (unpaired) electrons. The largest absolute Gasteiger partial charge is 0.492 e. The normalized spacial score (nSPS) is 20.9. The predicted molar refractivity (Wildman–Crippen MR) is 58.6 cm³/mol. The second kappa shape index (κ2) is 3.91. The standard InChI is InChI=1S/C11H13BrO2/c1-7-5-8-10(13)3-2-4-14-11(8)9(12)6-7/h5-6,10,13H,2-4H2,1H3. The van der Waals surface area contributed by atoms with Crippen molar-refractivity contribution >= 4 is 15.9 Å². The molecule has 1 heterocycles. The monoisotopic (exact) mass is 256 g/mol. The number of benzene rings is 1. The van der Waals surface area contributed by atoms with Crippen LogP contribution >= 0.6 is 15.9 Å². The Morgan fingerprint density at radius 3 is 3.07 bits per heavy atom. The molecule has 14 heavy (non-hydrogen) atoms. The van der Waals surface area contributed by atoms with E-state index in [1.54, 1.807) is 0 Å². The summed E-state index contributed by atoms with van der Waals surface area (Å²) in [6.07, 6.45) is 1.30. The number of aliphatic hydroxyl groups excluding tert-OH is 1. The smallest absolute Gasteiger partial charge is 0.139 e. The lowest BCUT2D eigenvalue weighted by atomic mass is 10.0. The zero-order valence-corrected chi connectivity index (χ0v) is 9.67. The SMILES string of the molecule is Cc1cc(Br)c2c(c1)C(O)CCCO2.